The molecule has 27 N–H and O–H groups in total. The molecule has 118 heavy (non-hydrogen) atoms. The maximum absolute atomic E-state index is 15.4. The number of carboxylic acid groups (broad SMARTS) is 1. The molecule has 40 nitrogen and oxygen atoms in total. The minimum atomic E-state index is -1.99. The Kier molecular flexibility index (Phi) is 37.9. The Bertz CT molecular complexity index is 4260. The highest BCUT2D eigenvalue weighted by Gasteiger charge is 2.40. The average Bonchev–Trinajstić information content (AvgIpc) is 1.35. The number of carbonyl (C=O) groups excluding carboxylic acids is 16. The van der Waals surface area contributed by atoms with Crippen molar-refractivity contribution in [3.63, 3.8) is 0 Å². The number of benzene rings is 3. The number of amides is 16. The van der Waals surface area contributed by atoms with Crippen molar-refractivity contribution < 1.29 is 111 Å². The van der Waals surface area contributed by atoms with Crippen molar-refractivity contribution in [3.8, 4) is 5.75 Å². The molecule has 0 unspecified atom stereocenters. The molecule has 0 aliphatic heterocycles. The van der Waals surface area contributed by atoms with Gasteiger partial charge in [0.2, 0.25) is 94.5 Å². The minimum absolute atomic E-state index is 0.0274. The summed E-state index contributed by atoms with van der Waals surface area (Å²) in [5, 5.41) is 75.0. The fourth-order valence-electron chi connectivity index (χ4n) is 12.2. The Hall–Kier alpha value is -12.3. The van der Waals surface area contributed by atoms with E-state index in [0.29, 0.717) is 29.3 Å². The van der Waals surface area contributed by atoms with Crippen LogP contribution in [0.25, 0.3) is 10.9 Å². The van der Waals surface area contributed by atoms with Gasteiger partial charge in [0.15, 0.2) is 11.6 Å². The van der Waals surface area contributed by atoms with Gasteiger partial charge in [-0.2, -0.15) is 0 Å². The van der Waals surface area contributed by atoms with Gasteiger partial charge in [0.05, 0.1) is 12.7 Å². The highest BCUT2D eigenvalue weighted by molar-refractivity contribution is 6.01. The fraction of sp³-hybridized carbons (Fsp3) is 0.513. The number of nitrogens with two attached hydrogens (primary N) is 4. The van der Waals surface area contributed by atoms with Crippen LogP contribution in [0.5, 0.6) is 5.75 Å². The predicted octanol–water partition coefficient (Wildman–Crippen LogP) is -5.81. The van der Waals surface area contributed by atoms with Crippen LogP contribution in [0, 0.1) is 23.5 Å². The van der Waals surface area contributed by atoms with E-state index in [2.05, 4.69) is 79.4 Å². The summed E-state index contributed by atoms with van der Waals surface area (Å²) in [5.74, 6) is -21.7. The van der Waals surface area contributed by atoms with E-state index >= 15 is 9.18 Å². The smallest absolute Gasteiger partial charge is 0.303 e. The first kappa shape index (κ1) is 96.3. The highest BCUT2D eigenvalue weighted by Crippen LogP contribution is 2.31. The zero-order valence-corrected chi connectivity index (χ0v) is 66.1. The molecule has 646 valence electrons. The van der Waals surface area contributed by atoms with Crippen molar-refractivity contribution in [2.45, 2.75) is 216 Å². The number of carbonyl (C=O) groups is 17. The third kappa shape index (κ3) is 30.4. The molecule has 15 atom stereocenters. The third-order valence-corrected chi connectivity index (χ3v) is 19.2. The van der Waals surface area contributed by atoms with Crippen LogP contribution in [-0.2, 0) is 101 Å². The van der Waals surface area contributed by atoms with Gasteiger partial charge < -0.3 is 123 Å². The molecule has 42 heteroatoms. The normalized spacial score (nSPS) is 15.7. The minimum Gasteiger partial charge on any atom is -0.508 e. The molecule has 0 bridgehead atoms. The number of fused-ring (bicyclic) bond motifs is 1. The Balaban J connectivity index is 1.41. The lowest BCUT2D eigenvalue weighted by molar-refractivity contribution is -0.139. The van der Waals surface area contributed by atoms with Crippen LogP contribution >= 0.6 is 0 Å². The number of phenols is 1. The number of aliphatic carboxylic acids is 1. The number of aliphatic hydroxyl groups excluding tert-OH is 2. The van der Waals surface area contributed by atoms with Crippen LogP contribution in [0.3, 0.4) is 0 Å². The van der Waals surface area contributed by atoms with Crippen LogP contribution in [0.15, 0.2) is 72.9 Å². The second kappa shape index (κ2) is 46.4. The van der Waals surface area contributed by atoms with Gasteiger partial charge in [-0.1, -0.05) is 75.6 Å². The van der Waals surface area contributed by atoms with E-state index in [0.717, 1.165) is 38.5 Å². The van der Waals surface area contributed by atoms with Crippen LogP contribution in [0.2, 0.25) is 0 Å². The number of carboxylic acids is 1. The first-order valence-corrected chi connectivity index (χ1v) is 38.1. The Morgan fingerprint density at radius 3 is 1.42 bits per heavy atom. The monoisotopic (exact) mass is 1660 g/mol. The third-order valence-electron chi connectivity index (χ3n) is 19.2. The van der Waals surface area contributed by atoms with Crippen LogP contribution in [0.4, 0.5) is 8.78 Å². The van der Waals surface area contributed by atoms with E-state index in [1.165, 1.54) is 51.2 Å². The Morgan fingerprint density at radius 2 is 0.915 bits per heavy atom. The molecule has 0 saturated heterocycles. The van der Waals surface area contributed by atoms with E-state index in [1.54, 1.807) is 38.1 Å². The molecule has 1 saturated carbocycles. The van der Waals surface area contributed by atoms with Gasteiger partial charge >= 0.3 is 5.97 Å². The van der Waals surface area contributed by atoms with Crippen molar-refractivity contribution in [1.29, 1.82) is 0 Å². The van der Waals surface area contributed by atoms with E-state index < -0.39 is 267 Å². The van der Waals surface area contributed by atoms with Gasteiger partial charge in [0.1, 0.15) is 90.3 Å². The largest absolute Gasteiger partial charge is 0.508 e. The van der Waals surface area contributed by atoms with Gasteiger partial charge in [0.25, 0.3) is 0 Å². The van der Waals surface area contributed by atoms with Crippen molar-refractivity contribution in [1.82, 2.24) is 79.4 Å². The zero-order valence-electron chi connectivity index (χ0n) is 66.1. The number of hydrogen-bond donors (Lipinski definition) is 23. The molecule has 16 amide bonds. The lowest BCUT2D eigenvalue weighted by Crippen LogP contribution is -2.62. The summed E-state index contributed by atoms with van der Waals surface area (Å²) in [4.78, 5) is 234. The van der Waals surface area contributed by atoms with Gasteiger partial charge in [-0.3, -0.25) is 81.5 Å². The van der Waals surface area contributed by atoms with Gasteiger partial charge in [-0.05, 0) is 106 Å². The lowest BCUT2D eigenvalue weighted by atomic mass is 9.80. The van der Waals surface area contributed by atoms with Crippen molar-refractivity contribution >= 4 is 111 Å². The molecular formula is C76H107F2N19O21. The molecule has 5 rings (SSSR count). The standard InChI is InChI=1S/C76H107F2N19O21/c1-35(2)26-51(87-40(7)100)72(114)97-62(39(6)99)76(118)93-54(29-43-14-11-16-47(77)61(43)78)71(113)95-56(31-79)73(115)89-50(23-25-60(103)104)67(109)91-53(28-42-18-20-45(101)21-19-42)69(111)92-55(30-44-33-83-48-17-9-8-15-46(44)48)68(110)85-38(5)65(107)88-49(22-24-59(81)102)66(108)90-52(27-41-12-10-13-41)70(112)94-57(32-80)74(116)96-58(34-98)75(117)86-37(4)64(106)84-36(3)63(82)105/h8-9,11,14-21,33,35-39,41,49-58,62,83,98-99,101H,10,12-13,22-32,34,79-80H2,1-7H3,(H2,81,102)(H2,82,105)(H,84,106)(H,85,110)(H,86,117)(H,87,100)(H,88,107)(H,89,115)(H,90,108)(H,91,109)(H,92,111)(H,93,118)(H,94,112)(H,95,113)(H,96,116)(H,97,114)(H,103,104)/t36-,37-,38-,39+,49-,50-,51-,52-,53-,54-,55-,56-,57-,58-,62-/m0/s1. The molecule has 4 aromatic rings. The maximum atomic E-state index is 15.4. The number of primary amides is 2. The number of halogens is 2. The number of phenolic OH excluding ortho intramolecular Hbond substituents is 1. The summed E-state index contributed by atoms with van der Waals surface area (Å²) < 4.78 is 30.0. The summed E-state index contributed by atoms with van der Waals surface area (Å²) in [6.45, 7) is 7.01. The molecule has 0 spiro atoms. The molecule has 1 heterocycles. The summed E-state index contributed by atoms with van der Waals surface area (Å²) in [6, 6.07) is -8.09. The number of aromatic amines is 1. The maximum Gasteiger partial charge on any atom is 0.303 e. The highest BCUT2D eigenvalue weighted by atomic mass is 19.2. The number of aliphatic hydroxyl groups is 2. The molecule has 0 radical (unpaired) electrons. The molecule has 1 aliphatic carbocycles. The first-order valence-electron chi connectivity index (χ1n) is 38.1. The summed E-state index contributed by atoms with van der Waals surface area (Å²) in [5.41, 5.74) is 23.4. The Morgan fingerprint density at radius 1 is 0.475 bits per heavy atom. The SMILES string of the molecule is CC(=O)N[C@@H](CC(C)C)C(=O)N[C@H](C(=O)N[C@@H](Cc1cccc(F)c1F)C(=O)N[C@@H](CN)C(=O)N[C@@H](CCC(=O)O)C(=O)N[C@@H](Cc1ccc(O)cc1)C(=O)N[C@@H](Cc1c[nH]c2ccccc12)C(=O)N[C@@H](C)C(=O)N[C@@H](CCC(N)=O)C(=O)N[C@@H](CC1CCC1)C(=O)N[C@@H](CN)C(=O)N[C@@H](CO)C(=O)N[C@@H](C)C(=O)N[C@@H](C)C(N)=O)[C@@H](C)O. The second-order valence-electron chi connectivity index (χ2n) is 29.2. The summed E-state index contributed by atoms with van der Waals surface area (Å²) in [6.07, 6.45) is -2.43. The van der Waals surface area contributed by atoms with Gasteiger partial charge in [-0.25, -0.2) is 8.78 Å². The lowest BCUT2D eigenvalue weighted by Gasteiger charge is -2.31. The summed E-state index contributed by atoms with van der Waals surface area (Å²) >= 11 is 0. The zero-order chi connectivity index (χ0) is 87.9. The number of hydrogen-bond acceptors (Lipinski definition) is 22. The summed E-state index contributed by atoms with van der Waals surface area (Å²) in [7, 11) is 0. The first-order chi connectivity index (χ1) is 55.6. The number of rotatable bonds is 48. The molecule has 3 aromatic carbocycles. The van der Waals surface area contributed by atoms with Crippen LogP contribution in [-0.4, -0.2) is 236 Å². The number of aromatic nitrogens is 1. The predicted molar refractivity (Wildman–Crippen MR) is 416 cm³/mol. The van der Waals surface area contributed by atoms with Crippen molar-refractivity contribution in [3.05, 3.63) is 101 Å². The van der Waals surface area contributed by atoms with E-state index in [4.69, 9.17) is 22.9 Å². The number of para-hydroxylation sites is 1. The number of aromatic hydroxyl groups is 1. The molecule has 1 aromatic heterocycles. The molecule has 1 aliphatic rings. The number of H-pyrrole nitrogens is 1. The fourth-order valence-corrected chi connectivity index (χ4v) is 12.2. The molecule has 1 fully saturated rings. The molecular weight excluding hydrogens is 1550 g/mol. The Labute approximate surface area is 676 Å². The quantitative estimate of drug-likeness (QED) is 0.0196. The van der Waals surface area contributed by atoms with E-state index in [1.807, 2.05) is 0 Å². The second-order valence-corrected chi connectivity index (χ2v) is 29.2. The van der Waals surface area contributed by atoms with Gasteiger partial charge in [0, 0.05) is 69.2 Å². The van der Waals surface area contributed by atoms with E-state index in [-0.39, 0.29) is 42.4 Å². The number of nitrogens with one attached hydrogen (secondary N) is 15. The van der Waals surface area contributed by atoms with E-state index in [9.17, 15) is 102 Å². The van der Waals surface area contributed by atoms with Crippen LogP contribution in [0.1, 0.15) is 123 Å². The van der Waals surface area contributed by atoms with Crippen molar-refractivity contribution in [2.24, 2.45) is 34.8 Å². The average molecular weight is 1660 g/mol. The van der Waals surface area contributed by atoms with Gasteiger partial charge in [-0.15, -0.1) is 0 Å². The van der Waals surface area contributed by atoms with Crippen molar-refractivity contribution in [2.75, 3.05) is 19.7 Å². The van der Waals surface area contributed by atoms with Crippen LogP contribution < -0.4 is 97.4 Å². The topological polar surface area (TPSA) is 659 Å².